The first-order valence-corrected chi connectivity index (χ1v) is 5.65. The van der Waals surface area contributed by atoms with Crippen LogP contribution in [-0.4, -0.2) is 21.1 Å². The van der Waals surface area contributed by atoms with E-state index < -0.39 is 12.0 Å². The maximum atomic E-state index is 12.6. The van der Waals surface area contributed by atoms with E-state index in [1.54, 1.807) is 12.1 Å². The summed E-state index contributed by atoms with van der Waals surface area (Å²) in [6.07, 6.45) is -3.30. The van der Waals surface area contributed by atoms with Gasteiger partial charge in [-0.25, -0.2) is 5.10 Å². The molecule has 0 aliphatic carbocycles. The number of H-pyrrole nitrogens is 1. The number of nitrogens with one attached hydrogen (secondary N) is 1. The number of aryl methyl sites for hydroxylation is 1. The van der Waals surface area contributed by atoms with Crippen LogP contribution in [0.15, 0.2) is 29.4 Å². The first kappa shape index (κ1) is 13.5. The molecule has 1 N–H and O–H groups in total. The number of rotatable bonds is 2. The van der Waals surface area contributed by atoms with Crippen molar-refractivity contribution < 1.29 is 13.2 Å². The molecule has 0 bridgehead atoms. The second kappa shape index (κ2) is 4.96. The minimum Gasteiger partial charge on any atom is -0.250 e. The van der Waals surface area contributed by atoms with Gasteiger partial charge in [-0.05, 0) is 30.3 Å². The van der Waals surface area contributed by atoms with Crippen LogP contribution in [0.1, 0.15) is 17.0 Å². The Hall–Kier alpha value is -1.96. The van der Waals surface area contributed by atoms with Crippen molar-refractivity contribution in [2.75, 3.05) is 0 Å². The van der Waals surface area contributed by atoms with E-state index in [0.717, 1.165) is 5.56 Å². The summed E-state index contributed by atoms with van der Waals surface area (Å²) in [5, 5.41) is 8.94. The molecule has 0 aliphatic heterocycles. The predicted molar refractivity (Wildman–Crippen MR) is 66.6 cm³/mol. The van der Waals surface area contributed by atoms with Gasteiger partial charge in [0.05, 0.1) is 6.21 Å². The number of benzene rings is 1. The Bertz CT molecular complexity index is 669. The Balaban J connectivity index is 2.42. The van der Waals surface area contributed by atoms with Gasteiger partial charge in [0.25, 0.3) is 5.82 Å². The molecule has 0 saturated carbocycles. The van der Waals surface area contributed by atoms with Crippen LogP contribution in [0.25, 0.3) is 0 Å². The molecule has 1 aromatic heterocycles. The third kappa shape index (κ3) is 2.90. The average Bonchev–Trinajstić information content (AvgIpc) is 2.69. The summed E-state index contributed by atoms with van der Waals surface area (Å²) in [6.45, 7) is 1.83. The highest BCUT2D eigenvalue weighted by atomic mass is 32.1. The number of alkyl halides is 3. The van der Waals surface area contributed by atoms with Crippen molar-refractivity contribution in [1.82, 2.24) is 14.9 Å². The van der Waals surface area contributed by atoms with Crippen molar-refractivity contribution in [2.45, 2.75) is 13.1 Å². The van der Waals surface area contributed by atoms with Crippen LogP contribution < -0.4 is 0 Å². The van der Waals surface area contributed by atoms with E-state index in [1.165, 1.54) is 6.21 Å². The van der Waals surface area contributed by atoms with Crippen LogP contribution in [0.3, 0.4) is 0 Å². The molecule has 4 nitrogen and oxygen atoms in total. The lowest BCUT2D eigenvalue weighted by molar-refractivity contribution is -0.147. The maximum Gasteiger partial charge on any atom is 0.453 e. The fourth-order valence-electron chi connectivity index (χ4n) is 1.43. The number of halogens is 3. The molecule has 0 unspecified atom stereocenters. The summed E-state index contributed by atoms with van der Waals surface area (Å²) in [5.41, 5.74) is 1.61. The van der Waals surface area contributed by atoms with Crippen molar-refractivity contribution in [3.63, 3.8) is 0 Å². The molecular formula is C11H9F3N4S. The highest BCUT2D eigenvalue weighted by molar-refractivity contribution is 7.71. The fraction of sp³-hybridized carbons (Fsp3) is 0.182. The van der Waals surface area contributed by atoms with Crippen LogP contribution in [0.4, 0.5) is 13.2 Å². The first-order chi connectivity index (χ1) is 8.89. The van der Waals surface area contributed by atoms with Crippen LogP contribution >= 0.6 is 12.2 Å². The Morgan fingerprint density at radius 3 is 2.68 bits per heavy atom. The third-order valence-corrected chi connectivity index (χ3v) is 2.67. The molecule has 0 aliphatic rings. The van der Waals surface area contributed by atoms with E-state index in [9.17, 15) is 13.2 Å². The number of hydrogen-bond acceptors (Lipinski definition) is 3. The second-order valence-corrected chi connectivity index (χ2v) is 4.15. The highest BCUT2D eigenvalue weighted by Crippen LogP contribution is 2.27. The fourth-order valence-corrected chi connectivity index (χ4v) is 1.61. The zero-order valence-corrected chi connectivity index (χ0v) is 10.6. The predicted octanol–water partition coefficient (Wildman–Crippen LogP) is 3.15. The molecule has 2 aromatic rings. The van der Waals surface area contributed by atoms with Crippen molar-refractivity contribution in [1.29, 1.82) is 0 Å². The molecule has 2 rings (SSSR count). The van der Waals surface area contributed by atoms with Crippen molar-refractivity contribution in [2.24, 2.45) is 5.10 Å². The van der Waals surface area contributed by atoms with E-state index in [-0.39, 0.29) is 4.77 Å². The molecular weight excluding hydrogens is 277 g/mol. The summed E-state index contributed by atoms with van der Waals surface area (Å²) in [5.74, 6) is -1.18. The lowest BCUT2D eigenvalue weighted by Gasteiger charge is -2.04. The number of aromatic amines is 1. The van der Waals surface area contributed by atoms with Gasteiger partial charge in [0.2, 0.25) is 4.77 Å². The van der Waals surface area contributed by atoms with Crippen LogP contribution in [-0.2, 0) is 6.18 Å². The molecule has 1 heterocycles. The van der Waals surface area contributed by atoms with Gasteiger partial charge in [-0.1, -0.05) is 24.3 Å². The van der Waals surface area contributed by atoms with Gasteiger partial charge in [-0.15, -0.1) is 5.10 Å². The topological polar surface area (TPSA) is 46.0 Å². The van der Waals surface area contributed by atoms with Gasteiger partial charge < -0.3 is 0 Å². The molecule has 8 heteroatoms. The van der Waals surface area contributed by atoms with E-state index in [0.29, 0.717) is 10.2 Å². The Morgan fingerprint density at radius 2 is 2.05 bits per heavy atom. The summed E-state index contributed by atoms with van der Waals surface area (Å²) in [4.78, 5) is 0. The summed E-state index contributed by atoms with van der Waals surface area (Å²) in [7, 11) is 0. The SMILES string of the molecule is Cc1ccccc1/C=N\n1c(C(F)(F)F)n[nH]c1=S. The number of nitrogens with zero attached hydrogens (tertiary/aromatic N) is 3. The van der Waals surface area contributed by atoms with Gasteiger partial charge in [-0.2, -0.15) is 22.9 Å². The van der Waals surface area contributed by atoms with Crippen LogP contribution in [0.2, 0.25) is 0 Å². The van der Waals surface area contributed by atoms with Crippen molar-refractivity contribution in [3.05, 3.63) is 46.0 Å². The van der Waals surface area contributed by atoms with Crippen LogP contribution in [0.5, 0.6) is 0 Å². The lowest BCUT2D eigenvalue weighted by Crippen LogP contribution is -2.12. The minimum atomic E-state index is -4.61. The summed E-state index contributed by atoms with van der Waals surface area (Å²) < 4.78 is 38.3. The summed E-state index contributed by atoms with van der Waals surface area (Å²) in [6, 6.07) is 7.18. The van der Waals surface area contributed by atoms with Gasteiger partial charge in [0.1, 0.15) is 0 Å². The molecule has 0 atom stereocenters. The Labute approximate surface area is 111 Å². The standard InChI is InChI=1S/C11H9F3N4S/c1-7-4-2-3-5-8(7)6-15-18-9(11(12,13)14)16-17-10(18)19/h2-6H,1H3,(H,17,19)/b15-6-. The molecule has 0 radical (unpaired) electrons. The Kier molecular flexibility index (Phi) is 3.52. The Morgan fingerprint density at radius 1 is 1.37 bits per heavy atom. The van der Waals surface area contributed by atoms with Crippen molar-refractivity contribution >= 4 is 18.4 Å². The normalized spacial score (nSPS) is 12.2. The van der Waals surface area contributed by atoms with Gasteiger partial charge in [0, 0.05) is 0 Å². The molecule has 1 aromatic carbocycles. The molecule has 0 amide bonds. The molecule has 0 spiro atoms. The largest absolute Gasteiger partial charge is 0.453 e. The molecule has 100 valence electrons. The zero-order chi connectivity index (χ0) is 14.0. The van der Waals surface area contributed by atoms with Gasteiger partial charge in [0.15, 0.2) is 0 Å². The quantitative estimate of drug-likeness (QED) is 0.681. The van der Waals surface area contributed by atoms with Gasteiger partial charge >= 0.3 is 6.18 Å². The number of hydrogen-bond donors (Lipinski definition) is 1. The third-order valence-electron chi connectivity index (χ3n) is 2.40. The summed E-state index contributed by atoms with van der Waals surface area (Å²) >= 11 is 4.72. The second-order valence-electron chi connectivity index (χ2n) is 3.76. The maximum absolute atomic E-state index is 12.6. The first-order valence-electron chi connectivity index (χ1n) is 5.24. The average molecular weight is 286 g/mol. The van der Waals surface area contributed by atoms with E-state index in [1.807, 2.05) is 19.1 Å². The lowest BCUT2D eigenvalue weighted by atomic mass is 10.1. The molecule has 19 heavy (non-hydrogen) atoms. The monoisotopic (exact) mass is 286 g/mol. The van der Waals surface area contributed by atoms with E-state index in [2.05, 4.69) is 15.3 Å². The zero-order valence-electron chi connectivity index (χ0n) is 9.77. The number of aromatic nitrogens is 3. The van der Waals surface area contributed by atoms with E-state index in [4.69, 9.17) is 12.2 Å². The smallest absolute Gasteiger partial charge is 0.250 e. The van der Waals surface area contributed by atoms with E-state index >= 15 is 0 Å². The molecule has 0 saturated heterocycles. The van der Waals surface area contributed by atoms with Crippen LogP contribution in [0, 0.1) is 11.7 Å². The van der Waals surface area contributed by atoms with Gasteiger partial charge in [-0.3, -0.25) is 0 Å². The van der Waals surface area contributed by atoms with Crippen molar-refractivity contribution in [3.8, 4) is 0 Å². The molecule has 0 fully saturated rings. The minimum absolute atomic E-state index is 0.211. The highest BCUT2D eigenvalue weighted by Gasteiger charge is 2.37.